The highest BCUT2D eigenvalue weighted by molar-refractivity contribution is 6.03. The number of para-hydroxylation sites is 6. The van der Waals surface area contributed by atoms with Crippen molar-refractivity contribution in [3.63, 3.8) is 0 Å². The molecule has 6 heteroatoms. The topological polar surface area (TPSA) is 48.4 Å². The van der Waals surface area contributed by atoms with Gasteiger partial charge in [-0.05, 0) is 136 Å². The molecule has 1 aromatic heterocycles. The Hall–Kier alpha value is -10.2. The second-order valence-electron chi connectivity index (χ2n) is 18.5. The average Bonchev–Trinajstić information content (AvgIpc) is 3.48. The second-order valence-corrected chi connectivity index (χ2v) is 18.5. The van der Waals surface area contributed by atoms with Crippen LogP contribution in [0.25, 0.3) is 66.5 Å². The minimum absolute atomic E-state index is 0.537. The van der Waals surface area contributed by atoms with E-state index in [-0.39, 0.29) is 0 Å². The summed E-state index contributed by atoms with van der Waals surface area (Å²) >= 11 is 0. The Kier molecular flexibility index (Phi) is 11.8. The third kappa shape index (κ3) is 8.77. The Labute approximate surface area is 436 Å². The van der Waals surface area contributed by atoms with Crippen LogP contribution >= 0.6 is 0 Å². The molecule has 0 fully saturated rings. The van der Waals surface area contributed by atoms with Crippen molar-refractivity contribution in [1.82, 2.24) is 15.0 Å². The summed E-state index contributed by atoms with van der Waals surface area (Å²) in [5.74, 6) is 1.61. The van der Waals surface area contributed by atoms with E-state index in [0.29, 0.717) is 17.5 Å². The maximum absolute atomic E-state index is 5.70. The summed E-state index contributed by atoms with van der Waals surface area (Å²) in [4.78, 5) is 24.0. The van der Waals surface area contributed by atoms with Crippen molar-refractivity contribution in [2.75, 3.05) is 14.7 Å². The first-order valence-electron chi connectivity index (χ1n) is 25.3. The molecule has 0 N–H and O–H groups in total. The zero-order valence-electron chi connectivity index (χ0n) is 40.9. The molecule has 1 heterocycles. The molecule has 0 amide bonds. The van der Waals surface area contributed by atoms with E-state index in [1.807, 2.05) is 0 Å². The van der Waals surface area contributed by atoms with Crippen molar-refractivity contribution >= 4 is 83.5 Å². The Balaban J connectivity index is 1.14. The van der Waals surface area contributed by atoms with Gasteiger partial charge in [0.1, 0.15) is 0 Å². The van der Waals surface area contributed by atoms with Gasteiger partial charge in [0.25, 0.3) is 0 Å². The third-order valence-electron chi connectivity index (χ3n) is 13.8. The first-order valence-corrected chi connectivity index (χ1v) is 25.3. The highest BCUT2D eigenvalue weighted by Crippen LogP contribution is 2.47. The quantitative estimate of drug-likeness (QED) is 0.122. The fourth-order valence-corrected chi connectivity index (χ4v) is 10.3. The molecule has 0 aliphatic heterocycles. The van der Waals surface area contributed by atoms with Crippen molar-refractivity contribution in [3.05, 3.63) is 291 Å². The van der Waals surface area contributed by atoms with Crippen LogP contribution in [0, 0.1) is 0 Å². The predicted molar refractivity (Wildman–Crippen MR) is 313 cm³/mol. The SMILES string of the molecule is c1ccc(N(c2ccccc2)c2cc3ccccc3cc2-c2nc(-c3cc(N(c4ccccc4)c4ccccc4)c4ccccc4c3)nc(-c3cc4ccccc4cc3N(c3ccccc3)c3ccccc3)n2)cc1. The highest BCUT2D eigenvalue weighted by Gasteiger charge is 2.26. The monoisotopic (exact) mass is 960 g/mol. The van der Waals surface area contributed by atoms with Gasteiger partial charge in [0.15, 0.2) is 17.5 Å². The summed E-state index contributed by atoms with van der Waals surface area (Å²) in [6.45, 7) is 0. The number of hydrogen-bond donors (Lipinski definition) is 0. The molecule has 0 bridgehead atoms. The minimum atomic E-state index is 0.537. The number of hydrogen-bond acceptors (Lipinski definition) is 6. The third-order valence-corrected chi connectivity index (χ3v) is 13.8. The summed E-state index contributed by atoms with van der Waals surface area (Å²) in [5.41, 5.74) is 11.5. The van der Waals surface area contributed by atoms with E-state index < -0.39 is 0 Å². The van der Waals surface area contributed by atoms with Gasteiger partial charge in [-0.25, -0.2) is 15.0 Å². The van der Waals surface area contributed by atoms with Gasteiger partial charge in [0.05, 0.1) is 17.1 Å². The van der Waals surface area contributed by atoms with E-state index in [4.69, 9.17) is 15.0 Å². The lowest BCUT2D eigenvalue weighted by atomic mass is 10.00. The van der Waals surface area contributed by atoms with E-state index in [1.54, 1.807) is 0 Å². The van der Waals surface area contributed by atoms with Crippen molar-refractivity contribution in [1.29, 1.82) is 0 Å². The Bertz CT molecular complexity index is 3820. The van der Waals surface area contributed by atoms with Gasteiger partial charge >= 0.3 is 0 Å². The lowest BCUT2D eigenvalue weighted by Crippen LogP contribution is -2.13. The molecule has 0 aliphatic carbocycles. The lowest BCUT2D eigenvalue weighted by Gasteiger charge is -2.29. The lowest BCUT2D eigenvalue weighted by molar-refractivity contribution is 1.07. The summed E-state index contributed by atoms with van der Waals surface area (Å²) in [5, 5.41) is 6.49. The van der Waals surface area contributed by atoms with Crippen LogP contribution in [0.3, 0.4) is 0 Å². The maximum Gasteiger partial charge on any atom is 0.166 e. The number of anilines is 9. The summed E-state index contributed by atoms with van der Waals surface area (Å²) in [7, 11) is 0. The molecule has 6 nitrogen and oxygen atoms in total. The van der Waals surface area contributed by atoms with Gasteiger partial charge in [-0.1, -0.05) is 182 Å². The first-order chi connectivity index (χ1) is 37.2. The predicted octanol–water partition coefficient (Wildman–Crippen LogP) is 18.7. The van der Waals surface area contributed by atoms with Gasteiger partial charge in [-0.3, -0.25) is 0 Å². The van der Waals surface area contributed by atoms with Crippen LogP contribution in [0.1, 0.15) is 0 Å². The maximum atomic E-state index is 5.70. The Morgan fingerprint density at radius 3 is 0.853 bits per heavy atom. The molecule has 75 heavy (non-hydrogen) atoms. The fraction of sp³-hybridized carbons (Fsp3) is 0. The molecule has 13 aromatic rings. The van der Waals surface area contributed by atoms with Gasteiger partial charge in [-0.15, -0.1) is 0 Å². The number of rotatable bonds is 12. The van der Waals surface area contributed by atoms with Crippen molar-refractivity contribution in [3.8, 4) is 34.2 Å². The molecule has 0 aliphatic rings. The van der Waals surface area contributed by atoms with Crippen molar-refractivity contribution in [2.24, 2.45) is 0 Å². The standard InChI is InChI=1S/C69H48N6/c1-7-30-55(31-8-1)73(56-32-9-2-10-33-56)64-48-54(43-53-29-23-24-42-61(53)64)67-70-68(62-44-49-25-19-21-27-51(49)46-65(62)74(57-34-11-3-12-35-57)58-36-13-4-14-37-58)72-69(71-67)63-45-50-26-20-22-28-52(50)47-66(63)75(59-38-15-5-16-39-59)60-40-17-6-18-41-60/h1-48H. The van der Waals surface area contributed by atoms with Gasteiger partial charge in [-0.2, -0.15) is 0 Å². The van der Waals surface area contributed by atoms with Crippen LogP contribution in [-0.2, 0) is 0 Å². The second kappa shape index (κ2) is 19.8. The molecule has 12 aromatic carbocycles. The average molecular weight is 961 g/mol. The van der Waals surface area contributed by atoms with Crippen molar-refractivity contribution < 1.29 is 0 Å². The molecule has 354 valence electrons. The van der Waals surface area contributed by atoms with Crippen molar-refractivity contribution in [2.45, 2.75) is 0 Å². The van der Waals surface area contributed by atoms with Gasteiger partial charge in [0.2, 0.25) is 0 Å². The molecule has 0 spiro atoms. The van der Waals surface area contributed by atoms with E-state index >= 15 is 0 Å². The molecule has 0 radical (unpaired) electrons. The van der Waals surface area contributed by atoms with Crippen LogP contribution < -0.4 is 14.7 Å². The number of aromatic nitrogens is 3. The van der Waals surface area contributed by atoms with Crippen LogP contribution in [0.15, 0.2) is 291 Å². The molecule has 0 unspecified atom stereocenters. The minimum Gasteiger partial charge on any atom is -0.310 e. The molecule has 0 saturated heterocycles. The molecule has 0 atom stereocenters. The summed E-state index contributed by atoms with van der Waals surface area (Å²) in [6, 6.07) is 102. The zero-order valence-corrected chi connectivity index (χ0v) is 40.9. The van der Waals surface area contributed by atoms with Crippen LogP contribution in [0.4, 0.5) is 51.2 Å². The van der Waals surface area contributed by atoms with E-state index in [0.717, 1.165) is 100 Å². The van der Waals surface area contributed by atoms with Gasteiger partial charge < -0.3 is 14.7 Å². The van der Waals surface area contributed by atoms with E-state index in [9.17, 15) is 0 Å². The zero-order chi connectivity index (χ0) is 49.9. The number of fused-ring (bicyclic) bond motifs is 3. The normalized spacial score (nSPS) is 11.2. The number of nitrogens with zero attached hydrogens (tertiary/aromatic N) is 6. The summed E-state index contributed by atoms with van der Waals surface area (Å²) in [6.07, 6.45) is 0. The fourth-order valence-electron chi connectivity index (χ4n) is 10.3. The Morgan fingerprint density at radius 1 is 0.213 bits per heavy atom. The first kappa shape index (κ1) is 44.7. The van der Waals surface area contributed by atoms with Crippen LogP contribution in [-0.4, -0.2) is 15.0 Å². The Morgan fingerprint density at radius 2 is 0.493 bits per heavy atom. The van der Waals surface area contributed by atoms with Gasteiger partial charge in [0, 0.05) is 56.2 Å². The molecular weight excluding hydrogens is 913 g/mol. The smallest absolute Gasteiger partial charge is 0.166 e. The van der Waals surface area contributed by atoms with E-state index in [2.05, 4.69) is 306 Å². The van der Waals surface area contributed by atoms with Crippen LogP contribution in [0.2, 0.25) is 0 Å². The largest absolute Gasteiger partial charge is 0.310 e. The molecule has 13 rings (SSSR count). The molecular formula is C69H48N6. The molecule has 0 saturated carbocycles. The summed E-state index contributed by atoms with van der Waals surface area (Å²) < 4.78 is 0. The van der Waals surface area contributed by atoms with Crippen LogP contribution in [0.5, 0.6) is 0 Å². The highest BCUT2D eigenvalue weighted by atomic mass is 15.2. The number of benzene rings is 12. The van der Waals surface area contributed by atoms with E-state index in [1.165, 1.54) is 0 Å².